The molecular formula is C19H34N6O4. The van der Waals surface area contributed by atoms with E-state index < -0.39 is 17.9 Å². The van der Waals surface area contributed by atoms with Crippen molar-refractivity contribution in [3.8, 4) is 0 Å². The van der Waals surface area contributed by atoms with Gasteiger partial charge in [-0.15, -0.1) is 0 Å². The Balaban J connectivity index is 2.06. The highest BCUT2D eigenvalue weighted by Gasteiger charge is 2.34. The number of hydrogen-bond acceptors (Lipinski definition) is 6. The minimum absolute atomic E-state index is 0.00555. The highest BCUT2D eigenvalue weighted by atomic mass is 16.4. The molecule has 2 amide bonds. The van der Waals surface area contributed by atoms with E-state index in [1.807, 2.05) is 0 Å². The summed E-state index contributed by atoms with van der Waals surface area (Å²) in [6.07, 6.45) is 6.82. The number of nitrogens with zero attached hydrogens (tertiary/aromatic N) is 2. The second-order valence-corrected chi connectivity index (χ2v) is 7.91. The van der Waals surface area contributed by atoms with Gasteiger partial charge in [0.05, 0.1) is 18.6 Å². The Bertz CT molecular complexity index is 616. The molecule has 3 atom stereocenters. The quantitative estimate of drug-likeness (QED) is 0.250. The number of nitrogens with one attached hydrogen (secondary N) is 2. The van der Waals surface area contributed by atoms with E-state index in [9.17, 15) is 19.5 Å². The molecule has 0 radical (unpaired) electrons. The van der Waals surface area contributed by atoms with Crippen molar-refractivity contribution < 1.29 is 19.5 Å². The predicted molar refractivity (Wildman–Crippen MR) is 109 cm³/mol. The van der Waals surface area contributed by atoms with Crippen LogP contribution in [-0.4, -0.2) is 72.0 Å². The van der Waals surface area contributed by atoms with E-state index in [4.69, 9.17) is 11.5 Å². The molecule has 2 unspecified atom stereocenters. The lowest BCUT2D eigenvalue weighted by molar-refractivity contribution is -0.150. The summed E-state index contributed by atoms with van der Waals surface area (Å²) in [4.78, 5) is 41.5. The van der Waals surface area contributed by atoms with Crippen LogP contribution in [0.2, 0.25) is 0 Å². The number of amides is 2. The van der Waals surface area contributed by atoms with Crippen LogP contribution in [0.25, 0.3) is 0 Å². The maximum atomic E-state index is 12.4. The lowest BCUT2D eigenvalue weighted by atomic mass is 9.82. The number of likely N-dealkylation sites (N-methyl/N-ethyl adjacent to an activating group) is 1. The van der Waals surface area contributed by atoms with Crippen molar-refractivity contribution in [2.45, 2.75) is 69.5 Å². The molecule has 2 rings (SSSR count). The topological polar surface area (TPSA) is 163 Å². The SMILES string of the molecule is CN(C(=O)C1CCN1)[C@@H](CCC(N=C(N)NC(=O)CN)C1CCCCC1)C(=O)O. The summed E-state index contributed by atoms with van der Waals surface area (Å²) in [6.45, 7) is 0.585. The van der Waals surface area contributed by atoms with Crippen molar-refractivity contribution in [1.29, 1.82) is 0 Å². The van der Waals surface area contributed by atoms with Crippen LogP contribution in [0, 0.1) is 5.92 Å². The second-order valence-electron chi connectivity index (χ2n) is 7.91. The van der Waals surface area contributed by atoms with E-state index in [0.29, 0.717) is 6.42 Å². The molecule has 0 bridgehead atoms. The van der Waals surface area contributed by atoms with Gasteiger partial charge in [-0.05, 0) is 44.6 Å². The summed E-state index contributed by atoms with van der Waals surface area (Å²) in [7, 11) is 1.54. The van der Waals surface area contributed by atoms with E-state index >= 15 is 0 Å². The van der Waals surface area contributed by atoms with Gasteiger partial charge in [0.25, 0.3) is 0 Å². The van der Waals surface area contributed by atoms with Gasteiger partial charge in [-0.1, -0.05) is 19.3 Å². The Morgan fingerprint density at radius 3 is 2.38 bits per heavy atom. The lowest BCUT2D eigenvalue weighted by Crippen LogP contribution is -2.56. The molecule has 0 aromatic heterocycles. The zero-order valence-electron chi connectivity index (χ0n) is 17.1. The molecule has 1 aliphatic carbocycles. The third-order valence-electron chi connectivity index (χ3n) is 5.91. The average Bonchev–Trinajstić information content (AvgIpc) is 2.65. The van der Waals surface area contributed by atoms with Crippen molar-refractivity contribution in [2.24, 2.45) is 22.4 Å². The molecule has 1 aliphatic heterocycles. The highest BCUT2D eigenvalue weighted by molar-refractivity contribution is 5.97. The Kier molecular flexibility index (Phi) is 8.84. The number of nitrogens with two attached hydrogens (primary N) is 2. The van der Waals surface area contributed by atoms with Crippen molar-refractivity contribution in [1.82, 2.24) is 15.5 Å². The van der Waals surface area contributed by atoms with E-state index in [-0.39, 0.29) is 42.8 Å². The summed E-state index contributed by atoms with van der Waals surface area (Å²) in [5.41, 5.74) is 11.2. The minimum atomic E-state index is -1.03. The largest absolute Gasteiger partial charge is 0.480 e. The van der Waals surface area contributed by atoms with Crippen molar-refractivity contribution >= 4 is 23.7 Å². The summed E-state index contributed by atoms with van der Waals surface area (Å²) >= 11 is 0. The highest BCUT2D eigenvalue weighted by Crippen LogP contribution is 2.30. The Morgan fingerprint density at radius 1 is 1.21 bits per heavy atom. The maximum absolute atomic E-state index is 12.4. The normalized spacial score (nSPS) is 22.3. The monoisotopic (exact) mass is 410 g/mol. The van der Waals surface area contributed by atoms with Gasteiger partial charge in [0.15, 0.2) is 5.96 Å². The van der Waals surface area contributed by atoms with E-state index in [2.05, 4.69) is 15.6 Å². The number of carboxylic acid groups (broad SMARTS) is 1. The van der Waals surface area contributed by atoms with E-state index in [1.54, 1.807) is 0 Å². The molecule has 164 valence electrons. The molecular weight excluding hydrogens is 376 g/mol. The Morgan fingerprint density at radius 2 is 1.86 bits per heavy atom. The van der Waals surface area contributed by atoms with Crippen LogP contribution in [0.15, 0.2) is 4.99 Å². The molecule has 10 heteroatoms. The van der Waals surface area contributed by atoms with Crippen LogP contribution in [0.4, 0.5) is 0 Å². The van der Waals surface area contributed by atoms with Crippen molar-refractivity contribution in [3.05, 3.63) is 0 Å². The van der Waals surface area contributed by atoms with Gasteiger partial charge >= 0.3 is 5.97 Å². The summed E-state index contributed by atoms with van der Waals surface area (Å²) in [6, 6.07) is -1.43. The molecule has 2 aliphatic rings. The molecule has 1 heterocycles. The molecule has 0 aromatic rings. The molecule has 1 saturated heterocycles. The first-order valence-electron chi connectivity index (χ1n) is 10.4. The first-order chi connectivity index (χ1) is 13.8. The number of hydrogen-bond donors (Lipinski definition) is 5. The van der Waals surface area contributed by atoms with Gasteiger partial charge in [-0.2, -0.15) is 0 Å². The van der Waals surface area contributed by atoms with Gasteiger partial charge < -0.3 is 26.8 Å². The zero-order valence-corrected chi connectivity index (χ0v) is 17.1. The van der Waals surface area contributed by atoms with Gasteiger partial charge in [-0.25, -0.2) is 9.79 Å². The first kappa shape index (κ1) is 23.1. The van der Waals surface area contributed by atoms with Crippen molar-refractivity contribution in [3.63, 3.8) is 0 Å². The van der Waals surface area contributed by atoms with Crippen LogP contribution < -0.4 is 22.1 Å². The summed E-state index contributed by atoms with van der Waals surface area (Å²) < 4.78 is 0. The van der Waals surface area contributed by atoms with Gasteiger partial charge in [-0.3, -0.25) is 14.9 Å². The van der Waals surface area contributed by atoms with Crippen LogP contribution >= 0.6 is 0 Å². The molecule has 29 heavy (non-hydrogen) atoms. The van der Waals surface area contributed by atoms with Crippen LogP contribution in [-0.2, 0) is 14.4 Å². The predicted octanol–water partition coefficient (Wildman–Crippen LogP) is -0.621. The Labute approximate surface area is 171 Å². The molecule has 7 N–H and O–H groups in total. The molecule has 0 spiro atoms. The van der Waals surface area contributed by atoms with Crippen molar-refractivity contribution in [2.75, 3.05) is 20.1 Å². The average molecular weight is 411 g/mol. The number of carboxylic acids is 1. The third kappa shape index (κ3) is 6.67. The zero-order chi connectivity index (χ0) is 21.4. The molecule has 0 aromatic carbocycles. The fraction of sp³-hybridized carbons (Fsp3) is 0.789. The maximum Gasteiger partial charge on any atom is 0.326 e. The number of guanidine groups is 1. The fourth-order valence-corrected chi connectivity index (χ4v) is 4.04. The van der Waals surface area contributed by atoms with Crippen LogP contribution in [0.1, 0.15) is 51.4 Å². The third-order valence-corrected chi connectivity index (χ3v) is 5.91. The number of carbonyl (C=O) groups is 3. The lowest BCUT2D eigenvalue weighted by Gasteiger charge is -2.34. The van der Waals surface area contributed by atoms with Crippen LogP contribution in [0.3, 0.4) is 0 Å². The Hall–Kier alpha value is -2.20. The summed E-state index contributed by atoms with van der Waals surface area (Å²) in [5.74, 6) is -1.37. The van der Waals surface area contributed by atoms with E-state index in [0.717, 1.165) is 38.6 Å². The summed E-state index contributed by atoms with van der Waals surface area (Å²) in [5, 5.41) is 15.1. The number of aliphatic carboxylic acids is 1. The van der Waals surface area contributed by atoms with Gasteiger partial charge in [0.1, 0.15) is 6.04 Å². The smallest absolute Gasteiger partial charge is 0.326 e. The molecule has 1 saturated carbocycles. The van der Waals surface area contributed by atoms with Gasteiger partial charge in [0, 0.05) is 7.05 Å². The number of rotatable bonds is 9. The van der Waals surface area contributed by atoms with Gasteiger partial charge in [0.2, 0.25) is 11.8 Å². The van der Waals surface area contributed by atoms with Crippen LogP contribution in [0.5, 0.6) is 0 Å². The number of aliphatic imine (C=N–C) groups is 1. The standard InChI is InChI=1S/C19H34N6O4/c1-25(17(27)14-9-10-22-14)15(18(28)29)8-7-13(12-5-3-2-4-6-12)23-19(21)24-16(26)11-20/h12-15,22H,2-11,20H2,1H3,(H,28,29)(H3,21,23,24,26)/t13?,14?,15-/m0/s1. The second kappa shape index (κ2) is 11.1. The van der Waals surface area contributed by atoms with E-state index in [1.165, 1.54) is 18.4 Å². The number of carbonyl (C=O) groups excluding carboxylic acids is 2. The fourth-order valence-electron chi connectivity index (χ4n) is 4.04. The molecule has 10 nitrogen and oxygen atoms in total. The molecule has 2 fully saturated rings. The first-order valence-corrected chi connectivity index (χ1v) is 10.4. The minimum Gasteiger partial charge on any atom is -0.480 e.